The Morgan fingerprint density at radius 3 is 2.83 bits per heavy atom. The molecule has 23 heavy (non-hydrogen) atoms. The topological polar surface area (TPSA) is 105 Å². The molecule has 1 saturated carbocycles. The number of primary amides is 1. The highest BCUT2D eigenvalue weighted by molar-refractivity contribution is 7.13. The van der Waals surface area contributed by atoms with Gasteiger partial charge in [0.25, 0.3) is 0 Å². The van der Waals surface area contributed by atoms with Crippen molar-refractivity contribution >= 4 is 34.2 Å². The summed E-state index contributed by atoms with van der Waals surface area (Å²) in [6.07, 6.45) is 4.73. The van der Waals surface area contributed by atoms with Gasteiger partial charge < -0.3 is 16.0 Å². The van der Waals surface area contributed by atoms with Crippen molar-refractivity contribution in [3.05, 3.63) is 11.1 Å². The van der Waals surface area contributed by atoms with Crippen LogP contribution in [0, 0.1) is 5.92 Å². The first kappa shape index (κ1) is 15.9. The number of nitrogens with zero attached hydrogens (tertiary/aromatic N) is 2. The van der Waals surface area contributed by atoms with Crippen LogP contribution in [0.5, 0.6) is 0 Å². The Morgan fingerprint density at radius 2 is 2.13 bits per heavy atom. The summed E-state index contributed by atoms with van der Waals surface area (Å²) in [7, 11) is 0. The van der Waals surface area contributed by atoms with E-state index >= 15 is 0 Å². The van der Waals surface area contributed by atoms with E-state index in [0.29, 0.717) is 23.4 Å². The largest absolute Gasteiger partial charge is 0.369 e. The molecule has 1 saturated heterocycles. The number of rotatable bonds is 5. The zero-order chi connectivity index (χ0) is 16.4. The van der Waals surface area contributed by atoms with Crippen LogP contribution in [-0.2, 0) is 20.8 Å². The van der Waals surface area contributed by atoms with Crippen LogP contribution in [0.15, 0.2) is 5.38 Å². The lowest BCUT2D eigenvalue weighted by Gasteiger charge is -2.23. The first-order chi connectivity index (χ1) is 11.0. The highest BCUT2D eigenvalue weighted by atomic mass is 32.1. The number of aromatic nitrogens is 1. The molecule has 2 heterocycles. The molecule has 2 fully saturated rings. The number of hydrogen-bond acceptors (Lipinski definition) is 5. The lowest BCUT2D eigenvalue weighted by atomic mass is 10.1. The lowest BCUT2D eigenvalue weighted by Crippen LogP contribution is -2.35. The smallest absolute Gasteiger partial charge is 0.231 e. The zero-order valence-corrected chi connectivity index (χ0v) is 13.6. The van der Waals surface area contributed by atoms with Crippen LogP contribution < -0.4 is 11.1 Å². The molecule has 7 nitrogen and oxygen atoms in total. The Labute approximate surface area is 138 Å². The fourth-order valence-electron chi connectivity index (χ4n) is 3.31. The van der Waals surface area contributed by atoms with E-state index in [1.54, 1.807) is 5.38 Å². The average Bonchev–Trinajstić information content (AvgIpc) is 3.19. The summed E-state index contributed by atoms with van der Waals surface area (Å²) in [5.41, 5.74) is 5.67. The second kappa shape index (κ2) is 6.66. The van der Waals surface area contributed by atoms with E-state index in [1.165, 1.54) is 11.3 Å². The summed E-state index contributed by atoms with van der Waals surface area (Å²) < 4.78 is 0. The van der Waals surface area contributed by atoms with Crippen molar-refractivity contribution in [2.75, 3.05) is 11.9 Å². The Hall–Kier alpha value is -1.96. The number of carbonyl (C=O) groups excluding carboxylic acids is 3. The maximum Gasteiger partial charge on any atom is 0.231 e. The van der Waals surface area contributed by atoms with E-state index < -0.39 is 5.91 Å². The third-order valence-corrected chi connectivity index (χ3v) is 5.24. The van der Waals surface area contributed by atoms with Crippen molar-refractivity contribution in [1.29, 1.82) is 0 Å². The Bertz CT molecular complexity index is 624. The number of amides is 3. The molecule has 0 unspecified atom stereocenters. The molecule has 3 amide bonds. The summed E-state index contributed by atoms with van der Waals surface area (Å²) in [6.45, 7) is 0.495. The molecule has 2 aliphatic rings. The number of thiazole rings is 1. The van der Waals surface area contributed by atoms with E-state index in [0.717, 1.165) is 25.7 Å². The SMILES string of the molecule is NC(=O)Cc1csc(NC(=O)[C@@H]2CC(=O)N(C3CCCC3)C2)n1. The lowest BCUT2D eigenvalue weighted by molar-refractivity contribution is -0.130. The molecule has 1 atom stereocenters. The second-order valence-corrected chi connectivity index (χ2v) is 7.02. The summed E-state index contributed by atoms with van der Waals surface area (Å²) >= 11 is 1.26. The predicted octanol–water partition coefficient (Wildman–Crippen LogP) is 0.900. The minimum absolute atomic E-state index is 0.0593. The first-order valence-corrected chi connectivity index (χ1v) is 8.74. The average molecular weight is 336 g/mol. The van der Waals surface area contributed by atoms with Gasteiger partial charge in [-0.05, 0) is 12.8 Å². The van der Waals surface area contributed by atoms with Gasteiger partial charge in [0.15, 0.2) is 5.13 Å². The minimum Gasteiger partial charge on any atom is -0.369 e. The van der Waals surface area contributed by atoms with E-state index in [9.17, 15) is 14.4 Å². The van der Waals surface area contributed by atoms with E-state index in [2.05, 4.69) is 10.3 Å². The van der Waals surface area contributed by atoms with Gasteiger partial charge in [0.05, 0.1) is 18.0 Å². The molecule has 0 aromatic carbocycles. The number of nitrogens with two attached hydrogens (primary N) is 1. The number of anilines is 1. The van der Waals surface area contributed by atoms with Gasteiger partial charge >= 0.3 is 0 Å². The van der Waals surface area contributed by atoms with Gasteiger partial charge in [-0.25, -0.2) is 4.98 Å². The predicted molar refractivity (Wildman–Crippen MR) is 85.7 cm³/mol. The summed E-state index contributed by atoms with van der Waals surface area (Å²) in [6, 6.07) is 0.308. The van der Waals surface area contributed by atoms with Crippen LogP contribution in [0.2, 0.25) is 0 Å². The normalized spacial score (nSPS) is 21.8. The van der Waals surface area contributed by atoms with Crippen molar-refractivity contribution in [2.45, 2.75) is 44.6 Å². The molecule has 0 spiro atoms. The molecule has 1 aromatic rings. The highest BCUT2D eigenvalue weighted by Crippen LogP contribution is 2.30. The van der Waals surface area contributed by atoms with Crippen molar-refractivity contribution < 1.29 is 14.4 Å². The minimum atomic E-state index is -0.457. The van der Waals surface area contributed by atoms with Gasteiger partial charge in [-0.15, -0.1) is 11.3 Å². The second-order valence-electron chi connectivity index (χ2n) is 6.16. The molecule has 1 aliphatic carbocycles. The molecule has 124 valence electrons. The van der Waals surface area contributed by atoms with Gasteiger partial charge in [0.2, 0.25) is 17.7 Å². The molecule has 0 radical (unpaired) electrons. The number of likely N-dealkylation sites (tertiary alicyclic amines) is 1. The van der Waals surface area contributed by atoms with Crippen LogP contribution >= 0.6 is 11.3 Å². The van der Waals surface area contributed by atoms with Crippen LogP contribution in [0.1, 0.15) is 37.8 Å². The molecule has 1 aromatic heterocycles. The fourth-order valence-corrected chi connectivity index (χ4v) is 4.02. The van der Waals surface area contributed by atoms with Crippen LogP contribution in [-0.4, -0.2) is 40.2 Å². The van der Waals surface area contributed by atoms with Crippen LogP contribution in [0.4, 0.5) is 5.13 Å². The van der Waals surface area contributed by atoms with E-state index in [4.69, 9.17) is 5.73 Å². The molecule has 0 bridgehead atoms. The van der Waals surface area contributed by atoms with Gasteiger partial charge in [0.1, 0.15) is 0 Å². The van der Waals surface area contributed by atoms with Crippen LogP contribution in [0.3, 0.4) is 0 Å². The quantitative estimate of drug-likeness (QED) is 0.833. The Balaban J connectivity index is 1.57. The van der Waals surface area contributed by atoms with Crippen molar-refractivity contribution in [3.8, 4) is 0 Å². The van der Waals surface area contributed by atoms with Gasteiger partial charge in [-0.2, -0.15) is 0 Å². The standard InChI is InChI=1S/C15H20N4O3S/c16-12(20)6-10-8-23-15(17-10)18-14(22)9-5-13(21)19(7-9)11-3-1-2-4-11/h8-9,11H,1-7H2,(H2,16,20)(H,17,18,22)/t9-/m1/s1. The molecule has 3 rings (SSSR count). The molecule has 3 N–H and O–H groups in total. The van der Waals surface area contributed by atoms with Crippen LogP contribution in [0.25, 0.3) is 0 Å². The summed E-state index contributed by atoms with van der Waals surface area (Å²) in [5, 5.41) is 4.89. The van der Waals surface area contributed by atoms with Gasteiger partial charge in [0, 0.05) is 24.4 Å². The first-order valence-electron chi connectivity index (χ1n) is 7.86. The molecular formula is C15H20N4O3S. The monoisotopic (exact) mass is 336 g/mol. The highest BCUT2D eigenvalue weighted by Gasteiger charge is 2.38. The number of nitrogens with one attached hydrogen (secondary N) is 1. The van der Waals surface area contributed by atoms with Crippen molar-refractivity contribution in [1.82, 2.24) is 9.88 Å². The molecule has 8 heteroatoms. The van der Waals surface area contributed by atoms with E-state index in [1.807, 2.05) is 4.90 Å². The maximum absolute atomic E-state index is 12.3. The Morgan fingerprint density at radius 1 is 1.39 bits per heavy atom. The Kier molecular flexibility index (Phi) is 4.61. The third-order valence-electron chi connectivity index (χ3n) is 4.43. The fraction of sp³-hybridized carbons (Fsp3) is 0.600. The molecular weight excluding hydrogens is 316 g/mol. The molecule has 1 aliphatic heterocycles. The maximum atomic E-state index is 12.3. The van der Waals surface area contributed by atoms with Crippen molar-refractivity contribution in [3.63, 3.8) is 0 Å². The summed E-state index contributed by atoms with van der Waals surface area (Å²) in [5.74, 6) is -0.891. The zero-order valence-electron chi connectivity index (χ0n) is 12.8. The van der Waals surface area contributed by atoms with Gasteiger partial charge in [-0.3, -0.25) is 14.4 Å². The number of carbonyl (C=O) groups is 3. The van der Waals surface area contributed by atoms with E-state index in [-0.39, 0.29) is 30.6 Å². The number of hydrogen-bond donors (Lipinski definition) is 2. The van der Waals surface area contributed by atoms with Gasteiger partial charge in [-0.1, -0.05) is 12.8 Å². The van der Waals surface area contributed by atoms with Crippen molar-refractivity contribution in [2.24, 2.45) is 11.7 Å². The summed E-state index contributed by atoms with van der Waals surface area (Å²) in [4.78, 5) is 41.4. The third kappa shape index (κ3) is 3.69.